The van der Waals surface area contributed by atoms with Crippen molar-refractivity contribution in [3.8, 4) is 11.8 Å². The molecule has 2 heterocycles. The summed E-state index contributed by atoms with van der Waals surface area (Å²) in [6.45, 7) is 2.98. The fraction of sp³-hybridized carbons (Fsp3) is 0.200. The minimum atomic E-state index is -0.105. The molecule has 2 aromatic carbocycles. The van der Waals surface area contributed by atoms with E-state index in [-0.39, 0.29) is 5.91 Å². The topological polar surface area (TPSA) is 36.4 Å². The van der Waals surface area contributed by atoms with E-state index in [9.17, 15) is 4.79 Å². The zero-order valence-corrected chi connectivity index (χ0v) is 14.5. The molecular weight excluding hydrogens is 330 g/mol. The summed E-state index contributed by atoms with van der Waals surface area (Å²) in [6, 6.07) is 14.2. The first-order valence-electron chi connectivity index (χ1n) is 8.24. The van der Waals surface area contributed by atoms with Crippen LogP contribution in [0, 0.1) is 11.8 Å². The molecule has 0 unspecified atom stereocenters. The number of carbonyl (C=O) groups is 1. The quantitative estimate of drug-likeness (QED) is 0.635. The predicted molar refractivity (Wildman–Crippen MR) is 102 cm³/mol. The molecule has 1 aromatic heterocycles. The van der Waals surface area contributed by atoms with Gasteiger partial charge in [0.15, 0.2) is 5.13 Å². The molecule has 25 heavy (non-hydrogen) atoms. The maximum Gasteiger partial charge on any atom is 0.298 e. The Balaban J connectivity index is 1.41. The van der Waals surface area contributed by atoms with Gasteiger partial charge in [-0.2, -0.15) is 0 Å². The smallest absolute Gasteiger partial charge is 0.298 e. The normalized spacial score (nSPS) is 14.2. The van der Waals surface area contributed by atoms with E-state index in [0.717, 1.165) is 29.2 Å². The van der Waals surface area contributed by atoms with E-state index in [0.29, 0.717) is 13.1 Å². The molecule has 0 bridgehead atoms. The Morgan fingerprint density at radius 2 is 1.84 bits per heavy atom. The number of carbonyl (C=O) groups excluding carboxylic acids is 1. The molecule has 4 nitrogen and oxygen atoms in total. The Kier molecular flexibility index (Phi) is 4.36. The highest BCUT2D eigenvalue weighted by molar-refractivity contribution is 7.13. The van der Waals surface area contributed by atoms with Gasteiger partial charge in [0, 0.05) is 49.2 Å². The fourth-order valence-electron chi connectivity index (χ4n) is 2.94. The van der Waals surface area contributed by atoms with Crippen LogP contribution in [0.15, 0.2) is 54.0 Å². The number of hydrogen-bond acceptors (Lipinski definition) is 4. The summed E-state index contributed by atoms with van der Waals surface area (Å²) in [7, 11) is 0. The van der Waals surface area contributed by atoms with Crippen LogP contribution in [-0.2, 0) is 4.79 Å². The van der Waals surface area contributed by atoms with Crippen LogP contribution >= 0.6 is 11.3 Å². The first-order chi connectivity index (χ1) is 12.3. The molecule has 0 radical (unpaired) electrons. The highest BCUT2D eigenvalue weighted by Crippen LogP contribution is 2.19. The summed E-state index contributed by atoms with van der Waals surface area (Å²) in [4.78, 5) is 20.7. The van der Waals surface area contributed by atoms with Crippen molar-refractivity contribution in [1.29, 1.82) is 0 Å². The number of amides is 1. The van der Waals surface area contributed by atoms with Gasteiger partial charge >= 0.3 is 0 Å². The SMILES string of the molecule is O=C(C#Cc1ccc2ccccc2c1)N1CCN(c2nccs2)CC1. The highest BCUT2D eigenvalue weighted by Gasteiger charge is 2.21. The molecule has 4 rings (SSSR count). The second kappa shape index (κ2) is 6.96. The molecule has 1 amide bonds. The van der Waals surface area contributed by atoms with Crippen molar-refractivity contribution >= 4 is 33.1 Å². The van der Waals surface area contributed by atoms with Gasteiger partial charge in [0.2, 0.25) is 0 Å². The van der Waals surface area contributed by atoms with Crippen LogP contribution in [0.5, 0.6) is 0 Å². The third kappa shape index (κ3) is 3.49. The van der Waals surface area contributed by atoms with E-state index in [2.05, 4.69) is 33.9 Å². The zero-order valence-electron chi connectivity index (χ0n) is 13.7. The van der Waals surface area contributed by atoms with Crippen molar-refractivity contribution in [1.82, 2.24) is 9.88 Å². The molecule has 1 aliphatic heterocycles. The van der Waals surface area contributed by atoms with Crippen LogP contribution in [0.4, 0.5) is 5.13 Å². The van der Waals surface area contributed by atoms with Crippen molar-refractivity contribution in [2.75, 3.05) is 31.1 Å². The van der Waals surface area contributed by atoms with Gasteiger partial charge in [0.25, 0.3) is 5.91 Å². The fourth-order valence-corrected chi connectivity index (χ4v) is 3.64. The van der Waals surface area contributed by atoms with Crippen LogP contribution in [0.25, 0.3) is 10.8 Å². The number of aromatic nitrogens is 1. The zero-order chi connectivity index (χ0) is 17.1. The van der Waals surface area contributed by atoms with Crippen molar-refractivity contribution in [3.63, 3.8) is 0 Å². The Morgan fingerprint density at radius 3 is 2.60 bits per heavy atom. The number of rotatable bonds is 1. The summed E-state index contributed by atoms with van der Waals surface area (Å²) < 4.78 is 0. The van der Waals surface area contributed by atoms with Gasteiger partial charge in [0.1, 0.15) is 0 Å². The summed E-state index contributed by atoms with van der Waals surface area (Å²) in [5.74, 6) is 5.69. The molecule has 1 saturated heterocycles. The number of thiazole rings is 1. The molecule has 0 spiro atoms. The lowest BCUT2D eigenvalue weighted by molar-refractivity contribution is -0.125. The molecule has 0 saturated carbocycles. The first-order valence-corrected chi connectivity index (χ1v) is 9.12. The van der Waals surface area contributed by atoms with E-state index in [1.54, 1.807) is 11.3 Å². The Morgan fingerprint density at radius 1 is 1.04 bits per heavy atom. The lowest BCUT2D eigenvalue weighted by atomic mass is 10.1. The largest absolute Gasteiger partial charge is 0.345 e. The van der Waals surface area contributed by atoms with Gasteiger partial charge < -0.3 is 9.80 Å². The van der Waals surface area contributed by atoms with Crippen molar-refractivity contribution < 1.29 is 4.79 Å². The number of nitrogens with zero attached hydrogens (tertiary/aromatic N) is 3. The molecule has 5 heteroatoms. The summed E-state index contributed by atoms with van der Waals surface area (Å²) in [6.07, 6.45) is 1.81. The Labute approximate surface area is 150 Å². The standard InChI is InChI=1S/C20H17N3OS/c24-19(22-10-12-23(13-11-22)20-21-9-14-25-20)8-6-16-5-7-17-3-1-2-4-18(17)15-16/h1-5,7,9,14-15H,10-13H2. The van der Waals surface area contributed by atoms with Crippen molar-refractivity contribution in [2.45, 2.75) is 0 Å². The van der Waals surface area contributed by atoms with Gasteiger partial charge in [-0.05, 0) is 22.9 Å². The maximum absolute atomic E-state index is 12.3. The highest BCUT2D eigenvalue weighted by atomic mass is 32.1. The van der Waals surface area contributed by atoms with Crippen LogP contribution in [0.1, 0.15) is 5.56 Å². The monoisotopic (exact) mass is 347 g/mol. The second-order valence-corrected chi connectivity index (χ2v) is 6.78. The minimum absolute atomic E-state index is 0.105. The van der Waals surface area contributed by atoms with Crippen LogP contribution < -0.4 is 4.90 Å². The van der Waals surface area contributed by atoms with E-state index >= 15 is 0 Å². The first kappa shape index (κ1) is 15.7. The van der Waals surface area contributed by atoms with Crippen molar-refractivity contribution in [3.05, 3.63) is 59.6 Å². The van der Waals surface area contributed by atoms with Gasteiger partial charge in [-0.25, -0.2) is 4.98 Å². The average Bonchev–Trinajstić information content (AvgIpc) is 3.21. The maximum atomic E-state index is 12.3. The number of anilines is 1. The average molecular weight is 347 g/mol. The molecule has 1 aliphatic rings. The molecule has 0 aliphatic carbocycles. The summed E-state index contributed by atoms with van der Waals surface area (Å²) in [5.41, 5.74) is 0.869. The lowest BCUT2D eigenvalue weighted by Crippen LogP contribution is -2.48. The van der Waals surface area contributed by atoms with E-state index in [1.165, 1.54) is 5.39 Å². The minimum Gasteiger partial charge on any atom is -0.345 e. The van der Waals surface area contributed by atoms with Crippen LogP contribution in [0.2, 0.25) is 0 Å². The number of fused-ring (bicyclic) bond motifs is 1. The Bertz CT molecular complexity index is 948. The van der Waals surface area contributed by atoms with E-state index in [1.807, 2.05) is 46.8 Å². The van der Waals surface area contributed by atoms with E-state index < -0.39 is 0 Å². The molecular formula is C20H17N3OS. The Hall–Kier alpha value is -2.84. The van der Waals surface area contributed by atoms with Gasteiger partial charge in [-0.3, -0.25) is 4.79 Å². The van der Waals surface area contributed by atoms with Gasteiger partial charge in [0.05, 0.1) is 0 Å². The summed E-state index contributed by atoms with van der Waals surface area (Å²) in [5, 5.41) is 5.31. The van der Waals surface area contributed by atoms with Gasteiger partial charge in [-0.1, -0.05) is 36.3 Å². The molecule has 0 N–H and O–H groups in total. The third-order valence-electron chi connectivity index (χ3n) is 4.32. The molecule has 3 aromatic rings. The van der Waals surface area contributed by atoms with Crippen LogP contribution in [-0.4, -0.2) is 42.0 Å². The number of hydrogen-bond donors (Lipinski definition) is 0. The molecule has 124 valence electrons. The number of piperazine rings is 1. The van der Waals surface area contributed by atoms with Crippen LogP contribution in [0.3, 0.4) is 0 Å². The predicted octanol–water partition coefficient (Wildman–Crippen LogP) is 3.00. The second-order valence-electron chi connectivity index (χ2n) is 5.91. The summed E-state index contributed by atoms with van der Waals surface area (Å²) >= 11 is 1.63. The van der Waals surface area contributed by atoms with E-state index in [4.69, 9.17) is 0 Å². The number of benzene rings is 2. The van der Waals surface area contributed by atoms with Crippen molar-refractivity contribution in [2.24, 2.45) is 0 Å². The van der Waals surface area contributed by atoms with Gasteiger partial charge in [-0.15, -0.1) is 11.3 Å². The molecule has 0 atom stereocenters. The molecule has 1 fully saturated rings. The third-order valence-corrected chi connectivity index (χ3v) is 5.15. The lowest BCUT2D eigenvalue weighted by Gasteiger charge is -2.33.